The highest BCUT2D eigenvalue weighted by Gasteiger charge is 2.37. The van der Waals surface area contributed by atoms with Crippen molar-refractivity contribution in [3.05, 3.63) is 212 Å². The van der Waals surface area contributed by atoms with Crippen molar-refractivity contribution in [2.24, 2.45) is 17.2 Å². The SMILES string of the molecule is C=CC(=O)Cl.C=CC(=O)N1CCN(c2nc(C(N)=O)nc3c(F)c(-c4c(F)cccc4OC)c(Cl)cc23)CC1.CO.COc1cccc(F)c1-c1c(Cl)cc2c(N3CCCCC3)nc(C(N)=O)nc2c1F.COc1cccc(F)c1-c1c(Cl)cc2c(N3CCN(C(=O)OC(C)(C)C)CC3)nc(C(=O)O)nc2c1F.COc1cccc(F)c1-c1c(Cl)cc2c(N3CCN(C(=O)OC(C)(C)C)CC3)nc(C(N)=O)nc2c1F.Cl. The summed E-state index contributed by atoms with van der Waals surface area (Å²) in [6, 6.07) is 22.0. The number of carboxylic acid groups (broad SMARTS) is 1. The van der Waals surface area contributed by atoms with Crippen molar-refractivity contribution in [3.8, 4) is 67.5 Å². The van der Waals surface area contributed by atoms with Gasteiger partial charge in [0.15, 0.2) is 23.3 Å². The fourth-order valence-electron chi connectivity index (χ4n) is 15.9. The highest BCUT2D eigenvalue weighted by atomic mass is 35.5. The van der Waals surface area contributed by atoms with E-state index in [0.29, 0.717) is 76.7 Å². The molecule has 48 heteroatoms. The number of fused-ring (bicyclic) bond motifs is 4. The molecule has 4 aliphatic heterocycles. The van der Waals surface area contributed by atoms with Gasteiger partial charge in [-0.2, -0.15) is 0 Å². The molecule has 0 radical (unpaired) electrons. The van der Waals surface area contributed by atoms with Gasteiger partial charge in [-0.3, -0.25) is 24.0 Å². The molecule has 146 heavy (non-hydrogen) atoms. The van der Waals surface area contributed by atoms with Gasteiger partial charge in [0, 0.05) is 143 Å². The van der Waals surface area contributed by atoms with Crippen LogP contribution in [0.15, 0.2) is 122 Å². The summed E-state index contributed by atoms with van der Waals surface area (Å²) < 4.78 is 154. The molecule has 34 nitrogen and oxygen atoms in total. The number of halogens is 14. The monoisotopic (exact) mass is 2140 g/mol. The third-order valence-electron chi connectivity index (χ3n) is 22.4. The van der Waals surface area contributed by atoms with Crippen LogP contribution < -0.4 is 55.7 Å². The van der Waals surface area contributed by atoms with Crippen LogP contribution in [0.4, 0.5) is 68.0 Å². The second kappa shape index (κ2) is 49.1. The molecule has 0 bridgehead atoms. The van der Waals surface area contributed by atoms with Gasteiger partial charge in [-0.25, -0.2) is 89.4 Å². The zero-order valence-corrected chi connectivity index (χ0v) is 84.8. The molecule has 774 valence electrons. The zero-order chi connectivity index (χ0) is 106. The predicted octanol–water partition coefficient (Wildman–Crippen LogP) is 17.9. The van der Waals surface area contributed by atoms with Gasteiger partial charge in [0.1, 0.15) is 103 Å². The van der Waals surface area contributed by atoms with Crippen LogP contribution in [-0.4, -0.2) is 250 Å². The third kappa shape index (κ3) is 25.6. The molecule has 0 atom stereocenters. The highest BCUT2D eigenvalue weighted by molar-refractivity contribution is 6.66. The van der Waals surface area contributed by atoms with E-state index >= 15 is 17.6 Å². The Morgan fingerprint density at radius 2 is 0.596 bits per heavy atom. The molecule has 6 amide bonds. The van der Waals surface area contributed by atoms with Crippen LogP contribution in [-0.2, 0) is 19.1 Å². The number of hydrogen-bond donors (Lipinski definition) is 5. The van der Waals surface area contributed by atoms with Gasteiger partial charge in [0.2, 0.25) is 34.4 Å². The number of aromatic nitrogens is 8. The van der Waals surface area contributed by atoms with Crippen LogP contribution in [0.2, 0.25) is 20.1 Å². The fraction of sp³-hybridized carbons (Fsp3) is 0.306. The molecule has 4 aliphatic rings. The van der Waals surface area contributed by atoms with Crippen molar-refractivity contribution >= 4 is 184 Å². The summed E-state index contributed by atoms with van der Waals surface area (Å²) in [4.78, 5) is 139. The maximum absolute atomic E-state index is 16.0. The number of allylic oxidation sites excluding steroid dienone is 1. The predicted molar refractivity (Wildman–Crippen MR) is 540 cm³/mol. The normalized spacial score (nSPS) is 13.6. The van der Waals surface area contributed by atoms with Crippen LogP contribution in [0.5, 0.6) is 23.0 Å². The summed E-state index contributed by atoms with van der Waals surface area (Å²) in [5, 5.41) is 16.7. The van der Waals surface area contributed by atoms with Gasteiger partial charge in [-0.1, -0.05) is 83.8 Å². The maximum atomic E-state index is 16.0. The Morgan fingerprint density at radius 3 is 0.815 bits per heavy atom. The lowest BCUT2D eigenvalue weighted by molar-refractivity contribution is -0.126. The number of primary amides is 3. The number of nitrogens with two attached hydrogens (primary N) is 3. The van der Waals surface area contributed by atoms with E-state index in [0.717, 1.165) is 50.6 Å². The molecule has 16 rings (SSSR count). The molecule has 12 aromatic rings. The molecule has 8 heterocycles. The number of carbonyl (C=O) groups excluding carboxylic acids is 7. The Morgan fingerprint density at radius 1 is 0.363 bits per heavy atom. The Labute approximate surface area is 861 Å². The average molecular weight is 2150 g/mol. The van der Waals surface area contributed by atoms with E-state index in [1.807, 2.05) is 4.90 Å². The van der Waals surface area contributed by atoms with Gasteiger partial charge in [-0.05, 0) is 157 Å². The number of rotatable bonds is 18. The van der Waals surface area contributed by atoms with E-state index in [4.69, 9.17) is 109 Å². The first-order valence-electron chi connectivity index (χ1n) is 44.1. The van der Waals surface area contributed by atoms with E-state index in [1.165, 1.54) is 118 Å². The number of aromatic carboxylic acids is 1. The Hall–Kier alpha value is -14.3. The largest absolute Gasteiger partial charge is 0.496 e. The van der Waals surface area contributed by atoms with Crippen LogP contribution in [0.3, 0.4) is 0 Å². The van der Waals surface area contributed by atoms with Crippen molar-refractivity contribution < 1.29 is 112 Å². The lowest BCUT2D eigenvalue weighted by atomic mass is 10.0. The number of benzene rings is 8. The molecule has 0 spiro atoms. The Kier molecular flexibility index (Phi) is 38.2. The Balaban J connectivity index is 0.000000195. The number of carbonyl (C=O) groups is 8. The van der Waals surface area contributed by atoms with Gasteiger partial charge in [-0.15, -0.1) is 12.4 Å². The summed E-state index contributed by atoms with van der Waals surface area (Å²) in [5.74, 6) is -11.7. The number of anilines is 4. The van der Waals surface area contributed by atoms with Crippen LogP contribution in [0.25, 0.3) is 88.1 Å². The number of ether oxygens (including phenoxy) is 6. The number of aliphatic hydroxyl groups excluding tert-OH is 1. The number of piperidine rings is 1. The first-order valence-corrected chi connectivity index (χ1v) is 46.0. The quantitative estimate of drug-likeness (QED) is 0.0302. The van der Waals surface area contributed by atoms with E-state index in [-0.39, 0.29) is 194 Å². The van der Waals surface area contributed by atoms with E-state index in [9.17, 15) is 61.0 Å². The Bertz CT molecular complexity index is 6840. The first-order chi connectivity index (χ1) is 68.8. The van der Waals surface area contributed by atoms with Crippen molar-refractivity contribution in [2.45, 2.75) is 72.0 Å². The third-order valence-corrected chi connectivity index (χ3v) is 23.8. The lowest BCUT2D eigenvalue weighted by Crippen LogP contribution is -2.50. The summed E-state index contributed by atoms with van der Waals surface area (Å²) in [7, 11) is 6.32. The number of nitrogens with zero attached hydrogens (tertiary/aromatic N) is 15. The minimum Gasteiger partial charge on any atom is -0.496 e. The number of aliphatic hydroxyl groups is 1. The molecule has 8 aromatic carbocycles. The molecule has 0 aliphatic carbocycles. The molecule has 4 aromatic heterocycles. The minimum absolute atomic E-state index is 0. The van der Waals surface area contributed by atoms with Gasteiger partial charge < -0.3 is 90.1 Å². The standard InChI is InChI=1S/C25H26ClF2N5O4.C25H25ClF2N4O5.C23H20ClF2N5O3.C21H19ClF2N4O2.C3H3ClO.CH4O.ClH/c1-25(2,3)37-24(35)33-10-8-32(9-11-33)23-13-12-14(26)17(18-15(27)6-5-7-16(18)36-4)19(28)20(13)30-22(31-23)21(29)34;1-25(2,3)37-24(35)32-10-8-31(9-11-32)22-13-12-14(26)17(18-15(27)6-5-7-16(18)36-4)19(28)20(13)29-21(30-22)23(33)34;1-3-16(32)30-7-9-31(10-8-30)23-12-11-13(24)17(18-14(25)5-4-6-15(18)34-2)19(26)20(12)28-22(29-23)21(27)33;1-30-14-7-5-6-13(23)16(14)15-12(22)10-11-18(17(15)24)26-20(19(25)29)27-21(11)28-8-3-2-4-9-28;1-2-3(4)5;1-2;/h5-7,12H,8-11H2,1-4H3,(H2,29,34);5-7,12H,8-11H2,1-4H3,(H,33,34);3-6,11H,1,7-10H2,2H3,(H2,27,33);5-7,10H,2-4,8-9H2,1H3,(H2,25,29);2H,1H2;2H,1H3;1H. The zero-order valence-electron chi connectivity index (χ0n) is 80.2. The van der Waals surface area contributed by atoms with Crippen LogP contribution >= 0.6 is 70.4 Å². The van der Waals surface area contributed by atoms with E-state index in [1.54, 1.807) is 66.0 Å². The van der Waals surface area contributed by atoms with Crippen LogP contribution in [0, 0.1) is 46.5 Å². The smallest absolute Gasteiger partial charge is 0.410 e. The number of hydrogen-bond acceptors (Lipinski definition) is 27. The molecule has 4 fully saturated rings. The van der Waals surface area contributed by atoms with E-state index < -0.39 is 116 Å². The van der Waals surface area contributed by atoms with Crippen molar-refractivity contribution in [1.29, 1.82) is 0 Å². The van der Waals surface area contributed by atoms with Crippen molar-refractivity contribution in [2.75, 3.05) is 147 Å². The maximum Gasteiger partial charge on any atom is 0.410 e. The van der Waals surface area contributed by atoms with Gasteiger partial charge >= 0.3 is 18.2 Å². The minimum atomic E-state index is -1.46. The summed E-state index contributed by atoms with van der Waals surface area (Å²) >= 11 is 30.5. The van der Waals surface area contributed by atoms with Crippen LogP contribution in [0.1, 0.15) is 103 Å². The lowest BCUT2D eigenvalue weighted by Gasteiger charge is -2.36. The number of amides is 6. The molecular weight excluding hydrogens is 2050 g/mol. The molecular formula is C98H98Cl6F8N18O16. The summed E-state index contributed by atoms with van der Waals surface area (Å²) in [6.07, 6.45) is 4.32. The number of methoxy groups -OCH3 is 4. The molecule has 0 unspecified atom stereocenters. The highest BCUT2D eigenvalue weighted by Crippen LogP contribution is 2.49. The van der Waals surface area contributed by atoms with Gasteiger partial charge in [0.05, 0.1) is 70.8 Å². The fourth-order valence-corrected chi connectivity index (χ4v) is 17.1. The van der Waals surface area contributed by atoms with E-state index in [2.05, 4.69) is 53.0 Å². The topological polar surface area (TPSA) is 436 Å². The first kappa shape index (κ1) is 114. The average Bonchev–Trinajstić information content (AvgIpc) is 0.734. The number of piperazine rings is 3. The molecule has 4 saturated heterocycles. The summed E-state index contributed by atoms with van der Waals surface area (Å²) in [5.41, 5.74) is 12.3. The summed E-state index contributed by atoms with van der Waals surface area (Å²) in [6.45, 7) is 22.3. The van der Waals surface area contributed by atoms with Crippen molar-refractivity contribution in [1.82, 2.24) is 54.6 Å². The molecule has 0 saturated carbocycles. The van der Waals surface area contributed by atoms with Crippen molar-refractivity contribution in [3.63, 3.8) is 0 Å². The second-order valence-electron chi connectivity index (χ2n) is 33.9. The van der Waals surface area contributed by atoms with Gasteiger partial charge in [0.25, 0.3) is 17.7 Å². The molecule has 8 N–H and O–H groups in total. The number of carboxylic acids is 1. The second-order valence-corrected chi connectivity index (χ2v) is 35.9.